The highest BCUT2D eigenvalue weighted by atomic mass is 15.2. The monoisotopic (exact) mass is 168 g/mol. The molecule has 1 aliphatic heterocycles. The summed E-state index contributed by atoms with van der Waals surface area (Å²) in [6, 6.07) is 0. The van der Waals surface area contributed by atoms with Gasteiger partial charge in [-0.15, -0.1) is 0 Å². The van der Waals surface area contributed by atoms with E-state index in [9.17, 15) is 0 Å². The van der Waals surface area contributed by atoms with Gasteiger partial charge >= 0.3 is 0 Å². The molecule has 2 heteroatoms. The van der Waals surface area contributed by atoms with Crippen molar-refractivity contribution in [2.45, 2.75) is 19.8 Å². The van der Waals surface area contributed by atoms with Gasteiger partial charge in [-0.05, 0) is 31.2 Å². The van der Waals surface area contributed by atoms with Crippen molar-refractivity contribution >= 4 is 0 Å². The number of hydrogen-bond donors (Lipinski definition) is 1. The van der Waals surface area contributed by atoms with Crippen molar-refractivity contribution < 1.29 is 0 Å². The second-order valence-electron chi connectivity index (χ2n) is 4.51. The Hall–Kier alpha value is -0.0800. The van der Waals surface area contributed by atoms with Crippen LogP contribution in [0.4, 0.5) is 0 Å². The Morgan fingerprint density at radius 1 is 1.42 bits per heavy atom. The second-order valence-corrected chi connectivity index (χ2v) is 4.51. The molecule has 0 radical (unpaired) electrons. The van der Waals surface area contributed by atoms with Crippen molar-refractivity contribution in [3.63, 3.8) is 0 Å². The van der Waals surface area contributed by atoms with Gasteiger partial charge in [0.05, 0.1) is 0 Å². The molecule has 0 aromatic heterocycles. The Labute approximate surface area is 75.3 Å². The third kappa shape index (κ3) is 2.46. The van der Waals surface area contributed by atoms with Gasteiger partial charge in [0.25, 0.3) is 0 Å². The van der Waals surface area contributed by atoms with Gasteiger partial charge in [-0.3, -0.25) is 0 Å². The first kappa shape index (κ1) is 8.52. The van der Waals surface area contributed by atoms with E-state index in [1.54, 1.807) is 0 Å². The van der Waals surface area contributed by atoms with Crippen molar-refractivity contribution in [1.29, 1.82) is 0 Å². The Morgan fingerprint density at radius 2 is 2.25 bits per heavy atom. The van der Waals surface area contributed by atoms with E-state index in [0.717, 1.165) is 11.8 Å². The van der Waals surface area contributed by atoms with Crippen LogP contribution in [0.1, 0.15) is 19.8 Å². The maximum Gasteiger partial charge on any atom is 0.0107 e. The molecule has 1 saturated heterocycles. The summed E-state index contributed by atoms with van der Waals surface area (Å²) in [4.78, 5) is 2.64. The van der Waals surface area contributed by atoms with Gasteiger partial charge in [0.15, 0.2) is 0 Å². The first-order valence-corrected chi connectivity index (χ1v) is 5.27. The molecule has 1 saturated carbocycles. The van der Waals surface area contributed by atoms with Gasteiger partial charge < -0.3 is 10.2 Å². The lowest BCUT2D eigenvalue weighted by atomic mass is 10.2. The van der Waals surface area contributed by atoms with Gasteiger partial charge in [-0.2, -0.15) is 0 Å². The standard InChI is InChI=1S/C10H20N2/c1-9-6-11-4-5-12(7-9)8-10-2-3-10/h9-11H,2-8H2,1H3. The first-order chi connectivity index (χ1) is 5.84. The fourth-order valence-corrected chi connectivity index (χ4v) is 2.01. The summed E-state index contributed by atoms with van der Waals surface area (Å²) in [6.45, 7) is 8.69. The van der Waals surface area contributed by atoms with Gasteiger partial charge in [0.2, 0.25) is 0 Å². The fourth-order valence-electron chi connectivity index (χ4n) is 2.01. The zero-order valence-corrected chi connectivity index (χ0v) is 8.05. The number of nitrogens with zero attached hydrogens (tertiary/aromatic N) is 1. The Morgan fingerprint density at radius 3 is 3.00 bits per heavy atom. The molecule has 0 amide bonds. The van der Waals surface area contributed by atoms with Gasteiger partial charge in [-0.1, -0.05) is 6.92 Å². The zero-order valence-electron chi connectivity index (χ0n) is 8.05. The normalized spacial score (nSPS) is 33.2. The van der Waals surface area contributed by atoms with E-state index in [2.05, 4.69) is 17.1 Å². The van der Waals surface area contributed by atoms with Crippen LogP contribution in [0.3, 0.4) is 0 Å². The second kappa shape index (κ2) is 3.75. The molecule has 0 aromatic carbocycles. The molecule has 2 aliphatic rings. The topological polar surface area (TPSA) is 15.3 Å². The van der Waals surface area contributed by atoms with Crippen molar-refractivity contribution in [2.75, 3.05) is 32.7 Å². The highest BCUT2D eigenvalue weighted by Gasteiger charge is 2.25. The van der Waals surface area contributed by atoms with Gasteiger partial charge in [0, 0.05) is 26.2 Å². The molecule has 1 heterocycles. The minimum absolute atomic E-state index is 0.839. The number of nitrogens with one attached hydrogen (secondary N) is 1. The molecule has 1 aliphatic carbocycles. The summed E-state index contributed by atoms with van der Waals surface area (Å²) in [5.74, 6) is 1.89. The third-order valence-electron chi connectivity index (χ3n) is 2.88. The SMILES string of the molecule is CC1CNCCN(CC2CC2)C1. The largest absolute Gasteiger partial charge is 0.315 e. The van der Waals surface area contributed by atoms with Crippen LogP contribution in [0.5, 0.6) is 0 Å². The predicted octanol–water partition coefficient (Wildman–Crippen LogP) is 0.938. The average molecular weight is 168 g/mol. The molecule has 1 N–H and O–H groups in total. The van der Waals surface area contributed by atoms with Crippen molar-refractivity contribution in [1.82, 2.24) is 10.2 Å². The Bertz CT molecular complexity index is 143. The van der Waals surface area contributed by atoms with Crippen LogP contribution in [0.25, 0.3) is 0 Å². The lowest BCUT2D eigenvalue weighted by molar-refractivity contribution is 0.254. The molecule has 1 unspecified atom stereocenters. The highest BCUT2D eigenvalue weighted by molar-refractivity contribution is 4.80. The lowest BCUT2D eigenvalue weighted by Gasteiger charge is -2.21. The molecular weight excluding hydrogens is 148 g/mol. The van der Waals surface area contributed by atoms with Crippen LogP contribution in [0.15, 0.2) is 0 Å². The predicted molar refractivity (Wildman–Crippen MR) is 51.2 cm³/mol. The molecule has 0 bridgehead atoms. The summed E-state index contributed by atoms with van der Waals surface area (Å²) in [5.41, 5.74) is 0. The smallest absolute Gasteiger partial charge is 0.0107 e. The van der Waals surface area contributed by atoms with Crippen LogP contribution in [0.2, 0.25) is 0 Å². The molecule has 70 valence electrons. The quantitative estimate of drug-likeness (QED) is 0.660. The minimum Gasteiger partial charge on any atom is -0.315 e. The summed E-state index contributed by atoms with van der Waals surface area (Å²) >= 11 is 0. The average Bonchev–Trinajstić information content (AvgIpc) is 2.80. The van der Waals surface area contributed by atoms with E-state index >= 15 is 0 Å². The van der Waals surface area contributed by atoms with E-state index < -0.39 is 0 Å². The fraction of sp³-hybridized carbons (Fsp3) is 1.00. The minimum atomic E-state index is 0.839. The maximum atomic E-state index is 3.48. The van der Waals surface area contributed by atoms with E-state index in [-0.39, 0.29) is 0 Å². The van der Waals surface area contributed by atoms with Crippen LogP contribution >= 0.6 is 0 Å². The number of hydrogen-bond acceptors (Lipinski definition) is 2. The molecular formula is C10H20N2. The van der Waals surface area contributed by atoms with Crippen LogP contribution in [-0.4, -0.2) is 37.6 Å². The summed E-state index contributed by atoms with van der Waals surface area (Å²) < 4.78 is 0. The third-order valence-corrected chi connectivity index (χ3v) is 2.88. The molecule has 2 fully saturated rings. The molecule has 12 heavy (non-hydrogen) atoms. The van der Waals surface area contributed by atoms with E-state index in [4.69, 9.17) is 0 Å². The Kier molecular flexibility index (Phi) is 2.66. The molecule has 2 rings (SSSR count). The maximum absolute atomic E-state index is 3.48. The van der Waals surface area contributed by atoms with Crippen LogP contribution in [-0.2, 0) is 0 Å². The van der Waals surface area contributed by atoms with Gasteiger partial charge in [-0.25, -0.2) is 0 Å². The summed E-state index contributed by atoms with van der Waals surface area (Å²) in [5, 5.41) is 3.48. The number of rotatable bonds is 2. The zero-order chi connectivity index (χ0) is 8.39. The van der Waals surface area contributed by atoms with Gasteiger partial charge in [0.1, 0.15) is 0 Å². The molecule has 1 atom stereocenters. The molecule has 0 spiro atoms. The van der Waals surface area contributed by atoms with Crippen LogP contribution < -0.4 is 5.32 Å². The lowest BCUT2D eigenvalue weighted by Crippen LogP contribution is -2.31. The highest BCUT2D eigenvalue weighted by Crippen LogP contribution is 2.29. The summed E-state index contributed by atoms with van der Waals surface area (Å²) in [6.07, 6.45) is 2.97. The van der Waals surface area contributed by atoms with E-state index in [1.165, 1.54) is 45.6 Å². The van der Waals surface area contributed by atoms with E-state index in [1.807, 2.05) is 0 Å². The first-order valence-electron chi connectivity index (χ1n) is 5.27. The Balaban J connectivity index is 1.77. The van der Waals surface area contributed by atoms with E-state index in [0.29, 0.717) is 0 Å². The van der Waals surface area contributed by atoms with Crippen LogP contribution in [0, 0.1) is 11.8 Å². The van der Waals surface area contributed by atoms with Crippen molar-refractivity contribution in [3.05, 3.63) is 0 Å². The molecule has 2 nitrogen and oxygen atoms in total. The molecule has 0 aromatic rings. The summed E-state index contributed by atoms with van der Waals surface area (Å²) in [7, 11) is 0. The van der Waals surface area contributed by atoms with Crippen molar-refractivity contribution in [2.24, 2.45) is 11.8 Å². The van der Waals surface area contributed by atoms with Crippen molar-refractivity contribution in [3.8, 4) is 0 Å².